The van der Waals surface area contributed by atoms with Gasteiger partial charge in [0.1, 0.15) is 4.88 Å². The Bertz CT molecular complexity index is 768. The van der Waals surface area contributed by atoms with Gasteiger partial charge in [0, 0.05) is 25.2 Å². The Morgan fingerprint density at radius 1 is 1.35 bits per heavy atom. The van der Waals surface area contributed by atoms with Gasteiger partial charge in [0.05, 0.1) is 5.69 Å². The maximum Gasteiger partial charge on any atom is 0.265 e. The van der Waals surface area contributed by atoms with Crippen LogP contribution < -0.4 is 5.32 Å². The number of benzene rings is 1. The summed E-state index contributed by atoms with van der Waals surface area (Å²) in [6, 6.07) is 7.17. The fourth-order valence-corrected chi connectivity index (χ4v) is 2.97. The van der Waals surface area contributed by atoms with Crippen LogP contribution in [-0.2, 0) is 4.79 Å². The zero-order valence-electron chi connectivity index (χ0n) is 13.0. The van der Waals surface area contributed by atoms with Crippen molar-refractivity contribution < 1.29 is 9.59 Å². The van der Waals surface area contributed by atoms with E-state index in [1.165, 1.54) is 11.0 Å². The van der Waals surface area contributed by atoms with Crippen LogP contribution in [-0.4, -0.2) is 35.8 Å². The number of hydrogen-bond acceptors (Lipinski definition) is 4. The summed E-state index contributed by atoms with van der Waals surface area (Å²) in [5.74, 6) is -0.447. The van der Waals surface area contributed by atoms with Crippen LogP contribution >= 0.6 is 22.9 Å². The molecule has 1 N–H and O–H groups in total. The highest BCUT2D eigenvalue weighted by molar-refractivity contribution is 7.17. The molecule has 0 aliphatic rings. The number of nitrogens with zero attached hydrogens (tertiary/aromatic N) is 2. The van der Waals surface area contributed by atoms with Crippen molar-refractivity contribution in [2.45, 2.75) is 6.92 Å². The molecule has 0 unspecified atom stereocenters. The highest BCUT2D eigenvalue weighted by Gasteiger charge is 2.17. The van der Waals surface area contributed by atoms with Gasteiger partial charge in [-0.3, -0.25) is 14.9 Å². The van der Waals surface area contributed by atoms with Crippen LogP contribution in [0.25, 0.3) is 6.08 Å². The van der Waals surface area contributed by atoms with Gasteiger partial charge in [-0.25, -0.2) is 4.98 Å². The number of halogens is 1. The fraction of sp³-hybridized carbons (Fsp3) is 0.188. The summed E-state index contributed by atoms with van der Waals surface area (Å²) in [7, 11) is 3.35. The van der Waals surface area contributed by atoms with Crippen LogP contribution in [0, 0.1) is 6.92 Å². The number of nitrogens with one attached hydrogen (secondary N) is 1. The molecule has 0 saturated carbocycles. The van der Waals surface area contributed by atoms with E-state index in [1.54, 1.807) is 39.2 Å². The Kier molecular flexibility index (Phi) is 5.52. The van der Waals surface area contributed by atoms with E-state index < -0.39 is 0 Å². The molecule has 0 radical (unpaired) electrons. The molecule has 0 fully saturated rings. The maximum absolute atomic E-state index is 12.0. The lowest BCUT2D eigenvalue weighted by molar-refractivity contribution is -0.111. The van der Waals surface area contributed by atoms with Crippen molar-refractivity contribution in [2.75, 3.05) is 19.4 Å². The molecule has 2 amide bonds. The number of aromatic nitrogens is 1. The number of hydrogen-bond donors (Lipinski definition) is 1. The first-order valence-electron chi connectivity index (χ1n) is 6.80. The lowest BCUT2D eigenvalue weighted by Gasteiger charge is -2.07. The summed E-state index contributed by atoms with van der Waals surface area (Å²) in [5.41, 5.74) is 1.43. The lowest BCUT2D eigenvalue weighted by atomic mass is 10.2. The molecular formula is C16H16ClN3O2S. The van der Waals surface area contributed by atoms with Gasteiger partial charge in [-0.1, -0.05) is 35.1 Å². The van der Waals surface area contributed by atoms with Gasteiger partial charge < -0.3 is 4.90 Å². The molecule has 2 aromatic rings. The van der Waals surface area contributed by atoms with Gasteiger partial charge in [-0.2, -0.15) is 0 Å². The van der Waals surface area contributed by atoms with E-state index >= 15 is 0 Å². The molecule has 0 spiro atoms. The van der Waals surface area contributed by atoms with E-state index in [0.717, 1.165) is 16.9 Å². The third kappa shape index (κ3) is 4.64. The molecule has 0 aliphatic heterocycles. The highest BCUT2D eigenvalue weighted by Crippen LogP contribution is 2.23. The molecular weight excluding hydrogens is 334 g/mol. The number of amides is 2. The summed E-state index contributed by atoms with van der Waals surface area (Å²) in [6.07, 6.45) is 3.06. The minimum Gasteiger partial charge on any atom is -0.344 e. The second-order valence-electron chi connectivity index (χ2n) is 5.01. The van der Waals surface area contributed by atoms with Crippen molar-refractivity contribution in [1.29, 1.82) is 0 Å². The van der Waals surface area contributed by atoms with Crippen molar-refractivity contribution in [3.63, 3.8) is 0 Å². The van der Waals surface area contributed by atoms with Crippen LogP contribution in [0.2, 0.25) is 5.02 Å². The maximum atomic E-state index is 12.0. The summed E-state index contributed by atoms with van der Waals surface area (Å²) < 4.78 is 0. The standard InChI is InChI=1S/C16H16ClN3O2S/c1-10-14(15(22)20(2)3)23-16(18-10)19-13(21)8-7-11-5-4-6-12(17)9-11/h4-9H,1-3H3,(H,18,19,21)/b8-7+. The Hall–Kier alpha value is -2.18. The molecule has 5 nitrogen and oxygen atoms in total. The Morgan fingerprint density at radius 2 is 2.09 bits per heavy atom. The van der Waals surface area contributed by atoms with Crippen molar-refractivity contribution in [3.8, 4) is 0 Å². The van der Waals surface area contributed by atoms with E-state index in [-0.39, 0.29) is 11.8 Å². The fourth-order valence-electron chi connectivity index (χ4n) is 1.78. The molecule has 0 saturated heterocycles. The van der Waals surface area contributed by atoms with E-state index in [2.05, 4.69) is 10.3 Å². The van der Waals surface area contributed by atoms with Gasteiger partial charge in [0.15, 0.2) is 5.13 Å². The summed E-state index contributed by atoms with van der Waals surface area (Å²) in [4.78, 5) is 30.1. The van der Waals surface area contributed by atoms with Crippen molar-refractivity contribution in [1.82, 2.24) is 9.88 Å². The van der Waals surface area contributed by atoms with Gasteiger partial charge >= 0.3 is 0 Å². The van der Waals surface area contributed by atoms with Crippen molar-refractivity contribution in [3.05, 3.63) is 51.5 Å². The second-order valence-corrected chi connectivity index (χ2v) is 6.45. The third-order valence-electron chi connectivity index (χ3n) is 2.90. The zero-order valence-corrected chi connectivity index (χ0v) is 14.5. The van der Waals surface area contributed by atoms with Crippen LogP contribution in [0.1, 0.15) is 20.9 Å². The van der Waals surface area contributed by atoms with Gasteiger partial charge in [0.2, 0.25) is 5.91 Å². The third-order valence-corrected chi connectivity index (χ3v) is 4.20. The van der Waals surface area contributed by atoms with E-state index in [9.17, 15) is 9.59 Å². The van der Waals surface area contributed by atoms with E-state index in [0.29, 0.717) is 20.7 Å². The SMILES string of the molecule is Cc1nc(NC(=O)/C=C/c2cccc(Cl)c2)sc1C(=O)N(C)C. The molecule has 0 atom stereocenters. The smallest absolute Gasteiger partial charge is 0.265 e. The molecule has 23 heavy (non-hydrogen) atoms. The van der Waals surface area contributed by atoms with Crippen LogP contribution in [0.4, 0.5) is 5.13 Å². The lowest BCUT2D eigenvalue weighted by Crippen LogP contribution is -2.21. The zero-order chi connectivity index (χ0) is 17.0. The Balaban J connectivity index is 2.06. The first-order chi connectivity index (χ1) is 10.9. The van der Waals surface area contributed by atoms with Crippen LogP contribution in [0.5, 0.6) is 0 Å². The molecule has 7 heteroatoms. The molecule has 2 rings (SSSR count). The number of rotatable bonds is 4. The molecule has 0 aliphatic carbocycles. The van der Waals surface area contributed by atoms with Crippen molar-refractivity contribution in [2.24, 2.45) is 0 Å². The average molecular weight is 350 g/mol. The Morgan fingerprint density at radius 3 is 2.74 bits per heavy atom. The van der Waals surface area contributed by atoms with Crippen LogP contribution in [0.3, 0.4) is 0 Å². The highest BCUT2D eigenvalue weighted by atomic mass is 35.5. The van der Waals surface area contributed by atoms with Crippen molar-refractivity contribution >= 4 is 46.0 Å². The molecule has 120 valence electrons. The first kappa shape index (κ1) is 17.2. The normalized spacial score (nSPS) is 10.8. The topological polar surface area (TPSA) is 62.3 Å². The van der Waals surface area contributed by atoms with Gasteiger partial charge in [-0.15, -0.1) is 0 Å². The molecule has 1 heterocycles. The first-order valence-corrected chi connectivity index (χ1v) is 8.00. The van der Waals surface area contributed by atoms with Gasteiger partial charge in [-0.05, 0) is 30.7 Å². The number of carbonyl (C=O) groups excluding carboxylic acids is 2. The summed E-state index contributed by atoms with van der Waals surface area (Å²) >= 11 is 7.05. The number of carbonyl (C=O) groups is 2. The predicted octanol–water partition coefficient (Wildman–Crippen LogP) is 3.46. The summed E-state index contributed by atoms with van der Waals surface area (Å²) in [6.45, 7) is 1.74. The average Bonchev–Trinajstić information content (AvgIpc) is 2.84. The molecule has 0 bridgehead atoms. The van der Waals surface area contributed by atoms with Crippen LogP contribution in [0.15, 0.2) is 30.3 Å². The number of thiazole rings is 1. The van der Waals surface area contributed by atoms with E-state index in [1.807, 2.05) is 12.1 Å². The van der Waals surface area contributed by atoms with E-state index in [4.69, 9.17) is 11.6 Å². The number of anilines is 1. The second kappa shape index (κ2) is 7.39. The minimum atomic E-state index is -0.317. The minimum absolute atomic E-state index is 0.130. The molecule has 1 aromatic carbocycles. The number of aryl methyl sites for hydroxylation is 1. The summed E-state index contributed by atoms with van der Waals surface area (Å²) in [5, 5.41) is 3.66. The van der Waals surface area contributed by atoms with Gasteiger partial charge in [0.25, 0.3) is 5.91 Å². The predicted molar refractivity (Wildman–Crippen MR) is 94.0 cm³/mol. The monoisotopic (exact) mass is 349 g/mol. The Labute approximate surface area is 143 Å². The molecule has 1 aromatic heterocycles. The largest absolute Gasteiger partial charge is 0.344 e. The quantitative estimate of drug-likeness (QED) is 0.860.